The quantitative estimate of drug-likeness (QED) is 0.584. The number of amides is 2. The van der Waals surface area contributed by atoms with Crippen LogP contribution in [0.15, 0.2) is 72.8 Å². The number of nitrogens with one attached hydrogen (secondary N) is 1. The molecule has 1 aliphatic rings. The minimum absolute atomic E-state index is 0.0565. The summed E-state index contributed by atoms with van der Waals surface area (Å²) in [6, 6.07) is 22.3. The van der Waals surface area contributed by atoms with Crippen LogP contribution in [0.4, 0.5) is 0 Å². The summed E-state index contributed by atoms with van der Waals surface area (Å²) in [7, 11) is 3.22. The van der Waals surface area contributed by atoms with Crippen LogP contribution in [0.2, 0.25) is 0 Å². The van der Waals surface area contributed by atoms with Crippen molar-refractivity contribution in [2.45, 2.75) is 25.6 Å². The molecule has 1 aliphatic heterocycles. The van der Waals surface area contributed by atoms with Crippen molar-refractivity contribution in [1.29, 1.82) is 0 Å². The van der Waals surface area contributed by atoms with E-state index in [1.54, 1.807) is 19.1 Å². The Morgan fingerprint density at radius 2 is 1.69 bits per heavy atom. The number of ether oxygens (including phenoxy) is 2. The number of fused-ring (bicyclic) bond motifs is 1. The van der Waals surface area contributed by atoms with Crippen LogP contribution in [0.5, 0.6) is 11.5 Å². The van der Waals surface area contributed by atoms with E-state index < -0.39 is 6.04 Å². The summed E-state index contributed by atoms with van der Waals surface area (Å²) >= 11 is 0. The monoisotopic (exact) mass is 430 g/mol. The topological polar surface area (TPSA) is 67.9 Å². The lowest BCUT2D eigenvalue weighted by molar-refractivity contribution is -0.122. The molecular formula is C26H26N2O4. The van der Waals surface area contributed by atoms with Gasteiger partial charge in [0.25, 0.3) is 5.91 Å². The third-order valence-corrected chi connectivity index (χ3v) is 5.77. The Bertz CT molecular complexity index is 1110. The number of nitrogens with zero attached hydrogens (tertiary/aromatic N) is 1. The third-order valence-electron chi connectivity index (χ3n) is 5.77. The minimum atomic E-state index is -0.390. The SMILES string of the molecule is COc1ccc(C(CC(=O)NCc2ccccc2OC)N2Cc3ccccc3C2=O)cc1. The number of methoxy groups -OCH3 is 2. The highest BCUT2D eigenvalue weighted by Gasteiger charge is 2.34. The van der Waals surface area contributed by atoms with Gasteiger partial charge in [-0.1, -0.05) is 48.5 Å². The zero-order chi connectivity index (χ0) is 22.5. The Balaban J connectivity index is 1.54. The second-order valence-corrected chi connectivity index (χ2v) is 7.67. The molecule has 3 aromatic carbocycles. The van der Waals surface area contributed by atoms with E-state index >= 15 is 0 Å². The lowest BCUT2D eigenvalue weighted by Crippen LogP contribution is -2.34. The van der Waals surface area contributed by atoms with E-state index in [9.17, 15) is 9.59 Å². The average Bonchev–Trinajstić information content (AvgIpc) is 3.17. The summed E-state index contributed by atoms with van der Waals surface area (Å²) in [5, 5.41) is 2.97. The number of carbonyl (C=O) groups is 2. The van der Waals surface area contributed by atoms with Crippen LogP contribution >= 0.6 is 0 Å². The molecule has 32 heavy (non-hydrogen) atoms. The van der Waals surface area contributed by atoms with Crippen molar-refractivity contribution in [2.75, 3.05) is 14.2 Å². The number of para-hydroxylation sites is 1. The van der Waals surface area contributed by atoms with Gasteiger partial charge in [-0.15, -0.1) is 0 Å². The van der Waals surface area contributed by atoms with E-state index in [2.05, 4.69) is 5.32 Å². The maximum atomic E-state index is 13.1. The van der Waals surface area contributed by atoms with Crippen molar-refractivity contribution in [3.05, 3.63) is 95.1 Å². The summed E-state index contributed by atoms with van der Waals surface area (Å²) in [6.45, 7) is 0.831. The second-order valence-electron chi connectivity index (χ2n) is 7.67. The fraction of sp³-hybridized carbons (Fsp3) is 0.231. The molecule has 0 aromatic heterocycles. The molecule has 3 aromatic rings. The van der Waals surface area contributed by atoms with Gasteiger partial charge in [-0.3, -0.25) is 9.59 Å². The lowest BCUT2D eigenvalue weighted by atomic mass is 10.0. The summed E-state index contributed by atoms with van der Waals surface area (Å²) in [5.74, 6) is 1.26. The van der Waals surface area contributed by atoms with Gasteiger partial charge in [-0.2, -0.15) is 0 Å². The van der Waals surface area contributed by atoms with Crippen molar-refractivity contribution >= 4 is 11.8 Å². The molecule has 2 amide bonds. The smallest absolute Gasteiger partial charge is 0.255 e. The number of hydrogen-bond acceptors (Lipinski definition) is 4. The maximum absolute atomic E-state index is 13.1. The second kappa shape index (κ2) is 9.56. The van der Waals surface area contributed by atoms with Gasteiger partial charge in [-0.25, -0.2) is 0 Å². The Labute approximate surface area is 187 Å². The van der Waals surface area contributed by atoms with Gasteiger partial charge in [0, 0.05) is 24.2 Å². The van der Waals surface area contributed by atoms with Gasteiger partial charge >= 0.3 is 0 Å². The molecule has 0 fully saturated rings. The molecule has 0 aliphatic carbocycles. The molecule has 0 bridgehead atoms. The molecule has 1 unspecified atom stereocenters. The summed E-state index contributed by atoms with van der Waals surface area (Å²) < 4.78 is 10.6. The molecule has 1 N–H and O–H groups in total. The number of carbonyl (C=O) groups excluding carboxylic acids is 2. The molecular weight excluding hydrogens is 404 g/mol. The molecule has 0 saturated carbocycles. The number of benzene rings is 3. The highest BCUT2D eigenvalue weighted by Crippen LogP contribution is 2.34. The average molecular weight is 431 g/mol. The first-order valence-electron chi connectivity index (χ1n) is 10.5. The summed E-state index contributed by atoms with van der Waals surface area (Å²) in [5.41, 5.74) is 3.46. The molecule has 0 saturated heterocycles. The van der Waals surface area contributed by atoms with E-state index in [0.29, 0.717) is 18.7 Å². The minimum Gasteiger partial charge on any atom is -0.497 e. The Morgan fingerprint density at radius 3 is 2.41 bits per heavy atom. The molecule has 1 atom stereocenters. The van der Waals surface area contributed by atoms with Crippen molar-refractivity contribution < 1.29 is 19.1 Å². The van der Waals surface area contributed by atoms with Gasteiger partial charge < -0.3 is 19.7 Å². The van der Waals surface area contributed by atoms with Crippen molar-refractivity contribution in [3.63, 3.8) is 0 Å². The molecule has 4 rings (SSSR count). The summed E-state index contributed by atoms with van der Waals surface area (Å²) in [6.07, 6.45) is 0.154. The lowest BCUT2D eigenvalue weighted by Gasteiger charge is -2.28. The summed E-state index contributed by atoms with van der Waals surface area (Å²) in [4.78, 5) is 27.8. The molecule has 164 valence electrons. The maximum Gasteiger partial charge on any atom is 0.255 e. The molecule has 6 nitrogen and oxygen atoms in total. The number of hydrogen-bond donors (Lipinski definition) is 1. The standard InChI is InChI=1S/C26H26N2O4/c1-31-21-13-11-18(12-14-21)23(28-17-20-8-3-5-9-22(20)26(28)30)15-25(29)27-16-19-7-4-6-10-24(19)32-2/h3-14,23H,15-17H2,1-2H3,(H,27,29). The van der Waals surface area contributed by atoms with E-state index in [-0.39, 0.29) is 18.2 Å². The highest BCUT2D eigenvalue weighted by atomic mass is 16.5. The predicted molar refractivity (Wildman–Crippen MR) is 122 cm³/mol. The van der Waals surface area contributed by atoms with Crippen molar-refractivity contribution in [1.82, 2.24) is 10.2 Å². The van der Waals surface area contributed by atoms with Crippen molar-refractivity contribution in [2.24, 2.45) is 0 Å². The molecule has 0 spiro atoms. The van der Waals surface area contributed by atoms with E-state index in [4.69, 9.17) is 9.47 Å². The first-order valence-corrected chi connectivity index (χ1v) is 10.5. The highest BCUT2D eigenvalue weighted by molar-refractivity contribution is 5.98. The Morgan fingerprint density at radius 1 is 0.969 bits per heavy atom. The molecule has 6 heteroatoms. The van der Waals surface area contributed by atoms with Gasteiger partial charge in [0.15, 0.2) is 0 Å². The fourth-order valence-electron chi connectivity index (χ4n) is 4.05. The van der Waals surface area contributed by atoms with Crippen molar-refractivity contribution in [3.8, 4) is 11.5 Å². The van der Waals surface area contributed by atoms with Crippen LogP contribution in [0, 0.1) is 0 Å². The largest absolute Gasteiger partial charge is 0.497 e. The first kappa shape index (κ1) is 21.4. The van der Waals surface area contributed by atoms with E-state index in [1.807, 2.05) is 72.8 Å². The molecule has 0 radical (unpaired) electrons. The zero-order valence-electron chi connectivity index (χ0n) is 18.2. The predicted octanol–water partition coefficient (Wildman–Crippen LogP) is 4.11. The van der Waals surface area contributed by atoms with Gasteiger partial charge in [0.2, 0.25) is 5.91 Å². The Kier molecular flexibility index (Phi) is 6.40. The van der Waals surface area contributed by atoms with E-state index in [0.717, 1.165) is 28.2 Å². The Hall–Kier alpha value is -3.80. The zero-order valence-corrected chi connectivity index (χ0v) is 18.2. The van der Waals surface area contributed by atoms with Crippen LogP contribution in [0.25, 0.3) is 0 Å². The first-order chi connectivity index (χ1) is 15.6. The van der Waals surface area contributed by atoms with Crippen LogP contribution in [0.3, 0.4) is 0 Å². The van der Waals surface area contributed by atoms with Crippen LogP contribution in [-0.2, 0) is 17.9 Å². The van der Waals surface area contributed by atoms with Gasteiger partial charge in [-0.05, 0) is 35.4 Å². The van der Waals surface area contributed by atoms with Crippen LogP contribution < -0.4 is 14.8 Å². The van der Waals surface area contributed by atoms with Crippen LogP contribution in [-0.4, -0.2) is 30.9 Å². The van der Waals surface area contributed by atoms with Gasteiger partial charge in [0.1, 0.15) is 11.5 Å². The fourth-order valence-corrected chi connectivity index (χ4v) is 4.05. The van der Waals surface area contributed by atoms with E-state index in [1.165, 1.54) is 0 Å². The molecule has 1 heterocycles. The normalized spacial score (nSPS) is 13.4. The third kappa shape index (κ3) is 4.44. The van der Waals surface area contributed by atoms with Gasteiger partial charge in [0.05, 0.1) is 26.7 Å². The van der Waals surface area contributed by atoms with Crippen LogP contribution in [0.1, 0.15) is 39.5 Å². The number of rotatable bonds is 8.